The second kappa shape index (κ2) is 4.96. The predicted molar refractivity (Wildman–Crippen MR) is 72.7 cm³/mol. The summed E-state index contributed by atoms with van der Waals surface area (Å²) in [6, 6.07) is 3.67. The van der Waals surface area contributed by atoms with Crippen molar-refractivity contribution in [2.24, 2.45) is 5.41 Å². The van der Waals surface area contributed by atoms with Gasteiger partial charge >= 0.3 is 0 Å². The molecule has 0 unspecified atom stereocenters. The first-order chi connectivity index (χ1) is 8.52. The Balaban J connectivity index is 2.15. The Hall–Kier alpha value is -1.58. The summed E-state index contributed by atoms with van der Waals surface area (Å²) in [5.41, 5.74) is 1.67. The molecular formula is C14H21N3O. The zero-order chi connectivity index (χ0) is 13.2. The van der Waals surface area contributed by atoms with Crippen LogP contribution >= 0.6 is 0 Å². The minimum atomic E-state index is 0.0416. The number of hydrogen-bond donors (Lipinski definition) is 1. The first-order valence-corrected chi connectivity index (χ1v) is 6.45. The molecule has 4 heteroatoms. The quantitative estimate of drug-likeness (QED) is 0.872. The Morgan fingerprint density at radius 2 is 2.28 bits per heavy atom. The molecule has 1 fully saturated rings. The molecule has 1 aliphatic heterocycles. The van der Waals surface area contributed by atoms with E-state index in [0.29, 0.717) is 5.69 Å². The number of pyridine rings is 1. The van der Waals surface area contributed by atoms with Crippen LogP contribution in [0.5, 0.6) is 0 Å². The lowest BCUT2D eigenvalue weighted by Gasteiger charge is -2.37. The molecule has 1 aliphatic rings. The molecule has 1 amide bonds. The Kier molecular flexibility index (Phi) is 3.55. The van der Waals surface area contributed by atoms with Crippen LogP contribution in [0.3, 0.4) is 0 Å². The normalized spacial score (nSPS) is 18.5. The highest BCUT2D eigenvalue weighted by Gasteiger charge is 2.30. The zero-order valence-corrected chi connectivity index (χ0v) is 11.4. The number of amides is 1. The summed E-state index contributed by atoms with van der Waals surface area (Å²) in [5, 5.41) is 3.03. The van der Waals surface area contributed by atoms with Crippen molar-refractivity contribution in [3.8, 4) is 0 Å². The van der Waals surface area contributed by atoms with Crippen LogP contribution < -0.4 is 5.32 Å². The summed E-state index contributed by atoms with van der Waals surface area (Å²) in [4.78, 5) is 18.5. The molecule has 4 nitrogen and oxygen atoms in total. The van der Waals surface area contributed by atoms with Crippen LogP contribution in [0.15, 0.2) is 18.3 Å². The molecule has 1 N–H and O–H groups in total. The summed E-state index contributed by atoms with van der Waals surface area (Å²) in [7, 11) is 1.84. The highest BCUT2D eigenvalue weighted by Crippen LogP contribution is 2.29. The van der Waals surface area contributed by atoms with Gasteiger partial charge in [0.25, 0.3) is 5.91 Å². The van der Waals surface area contributed by atoms with E-state index in [0.717, 1.165) is 25.2 Å². The Morgan fingerprint density at radius 1 is 1.50 bits per heavy atom. The maximum Gasteiger partial charge on any atom is 0.272 e. The number of hydrogen-bond acceptors (Lipinski definition) is 3. The van der Waals surface area contributed by atoms with Gasteiger partial charge in [0.05, 0.1) is 0 Å². The van der Waals surface area contributed by atoms with E-state index in [1.165, 1.54) is 6.42 Å². The third-order valence-corrected chi connectivity index (χ3v) is 3.46. The minimum Gasteiger partial charge on any atom is -0.388 e. The van der Waals surface area contributed by atoms with E-state index in [-0.39, 0.29) is 11.3 Å². The predicted octanol–water partition coefficient (Wildman–Crippen LogP) is 2.39. The van der Waals surface area contributed by atoms with Crippen molar-refractivity contribution >= 4 is 11.6 Å². The number of piperidine rings is 1. The number of rotatable bonds is 2. The van der Waals surface area contributed by atoms with E-state index in [1.54, 1.807) is 6.20 Å². The van der Waals surface area contributed by atoms with Gasteiger partial charge in [0.1, 0.15) is 5.69 Å². The Morgan fingerprint density at radius 3 is 2.94 bits per heavy atom. The summed E-state index contributed by atoms with van der Waals surface area (Å²) < 4.78 is 0. The van der Waals surface area contributed by atoms with Crippen molar-refractivity contribution in [3.63, 3.8) is 0 Å². The van der Waals surface area contributed by atoms with Crippen molar-refractivity contribution in [1.82, 2.24) is 9.88 Å². The molecule has 1 aromatic heterocycles. The molecule has 0 spiro atoms. The Labute approximate surface area is 108 Å². The number of carbonyl (C=O) groups is 1. The maximum absolute atomic E-state index is 12.4. The number of nitrogens with zero attached hydrogens (tertiary/aromatic N) is 2. The van der Waals surface area contributed by atoms with Gasteiger partial charge < -0.3 is 10.2 Å². The lowest BCUT2D eigenvalue weighted by atomic mass is 9.84. The standard InChI is InChI=1S/C14H21N3O/c1-14(2)6-4-8-17(10-14)13(18)12-9-11(15-3)5-7-16-12/h5,7,9H,4,6,8,10H2,1-3H3,(H,15,16). The molecule has 98 valence electrons. The van der Waals surface area contributed by atoms with Crippen molar-refractivity contribution in [2.75, 3.05) is 25.5 Å². The molecule has 0 bridgehead atoms. The van der Waals surface area contributed by atoms with Crippen LogP contribution in [0.25, 0.3) is 0 Å². The maximum atomic E-state index is 12.4. The van der Waals surface area contributed by atoms with E-state index in [4.69, 9.17) is 0 Å². The van der Waals surface area contributed by atoms with Crippen LogP contribution in [0.2, 0.25) is 0 Å². The average molecular weight is 247 g/mol. The number of aromatic nitrogens is 1. The zero-order valence-electron chi connectivity index (χ0n) is 11.4. The van der Waals surface area contributed by atoms with Gasteiger partial charge in [0, 0.05) is 32.0 Å². The van der Waals surface area contributed by atoms with Gasteiger partial charge in [0.2, 0.25) is 0 Å². The van der Waals surface area contributed by atoms with E-state index in [1.807, 2.05) is 24.1 Å². The van der Waals surface area contributed by atoms with Crippen LogP contribution in [0.4, 0.5) is 5.69 Å². The second-order valence-electron chi connectivity index (χ2n) is 5.67. The van der Waals surface area contributed by atoms with Gasteiger partial charge in [-0.2, -0.15) is 0 Å². The lowest BCUT2D eigenvalue weighted by molar-refractivity contribution is 0.0577. The van der Waals surface area contributed by atoms with E-state index in [9.17, 15) is 4.79 Å². The fourth-order valence-corrected chi connectivity index (χ4v) is 2.46. The summed E-state index contributed by atoms with van der Waals surface area (Å²) in [5.74, 6) is 0.0416. The third-order valence-electron chi connectivity index (χ3n) is 3.46. The average Bonchev–Trinajstić information content (AvgIpc) is 2.37. The number of carbonyl (C=O) groups excluding carboxylic acids is 1. The topological polar surface area (TPSA) is 45.2 Å². The van der Waals surface area contributed by atoms with Gasteiger partial charge in [-0.05, 0) is 30.4 Å². The van der Waals surface area contributed by atoms with Gasteiger partial charge in [-0.15, -0.1) is 0 Å². The van der Waals surface area contributed by atoms with Crippen molar-refractivity contribution in [2.45, 2.75) is 26.7 Å². The molecule has 0 saturated carbocycles. The molecular weight excluding hydrogens is 226 g/mol. The summed E-state index contributed by atoms with van der Waals surface area (Å²) in [6.45, 7) is 6.08. The monoisotopic (exact) mass is 247 g/mol. The summed E-state index contributed by atoms with van der Waals surface area (Å²) >= 11 is 0. The molecule has 2 heterocycles. The van der Waals surface area contributed by atoms with E-state index in [2.05, 4.69) is 24.1 Å². The first-order valence-electron chi connectivity index (χ1n) is 6.45. The SMILES string of the molecule is CNc1ccnc(C(=O)N2CCCC(C)(C)C2)c1. The molecule has 0 aromatic carbocycles. The highest BCUT2D eigenvalue weighted by molar-refractivity contribution is 5.93. The van der Waals surface area contributed by atoms with Crippen molar-refractivity contribution in [3.05, 3.63) is 24.0 Å². The molecule has 1 aromatic rings. The fourth-order valence-electron chi connectivity index (χ4n) is 2.46. The molecule has 1 saturated heterocycles. The van der Waals surface area contributed by atoms with E-state index >= 15 is 0 Å². The minimum absolute atomic E-state index is 0.0416. The molecule has 0 aliphatic carbocycles. The molecule has 18 heavy (non-hydrogen) atoms. The smallest absolute Gasteiger partial charge is 0.272 e. The second-order valence-corrected chi connectivity index (χ2v) is 5.67. The van der Waals surface area contributed by atoms with Crippen LogP contribution in [0, 0.1) is 5.41 Å². The molecule has 0 radical (unpaired) electrons. The van der Waals surface area contributed by atoms with E-state index < -0.39 is 0 Å². The Bertz CT molecular complexity index is 442. The van der Waals surface area contributed by atoms with Crippen molar-refractivity contribution in [1.29, 1.82) is 0 Å². The first kappa shape index (κ1) is 12.9. The largest absolute Gasteiger partial charge is 0.388 e. The van der Waals surface area contributed by atoms with Gasteiger partial charge in [0.15, 0.2) is 0 Å². The van der Waals surface area contributed by atoms with Crippen LogP contribution in [-0.2, 0) is 0 Å². The number of likely N-dealkylation sites (tertiary alicyclic amines) is 1. The molecule has 0 atom stereocenters. The third kappa shape index (κ3) is 2.81. The van der Waals surface area contributed by atoms with Gasteiger partial charge in [-0.1, -0.05) is 13.8 Å². The lowest BCUT2D eigenvalue weighted by Crippen LogP contribution is -2.43. The van der Waals surface area contributed by atoms with Crippen molar-refractivity contribution < 1.29 is 4.79 Å². The molecule has 2 rings (SSSR count). The number of anilines is 1. The fraction of sp³-hybridized carbons (Fsp3) is 0.571. The summed E-state index contributed by atoms with van der Waals surface area (Å²) in [6.07, 6.45) is 3.93. The number of nitrogens with one attached hydrogen (secondary N) is 1. The van der Waals surface area contributed by atoms with Crippen LogP contribution in [0.1, 0.15) is 37.2 Å². The van der Waals surface area contributed by atoms with Gasteiger partial charge in [-0.3, -0.25) is 9.78 Å². The van der Waals surface area contributed by atoms with Crippen LogP contribution in [-0.4, -0.2) is 35.9 Å². The van der Waals surface area contributed by atoms with Gasteiger partial charge in [-0.25, -0.2) is 0 Å². The highest BCUT2D eigenvalue weighted by atomic mass is 16.2.